The Morgan fingerprint density at radius 2 is 1.96 bits per heavy atom. The first-order valence-corrected chi connectivity index (χ1v) is 11.1. The average Bonchev–Trinajstić information content (AvgIpc) is 3.21. The molecule has 3 rings (SSSR count). The SMILES string of the molecule is CCN1C(CSc2cccs2)=NCN1SCc1c(Cl)cccc1Cl. The van der Waals surface area contributed by atoms with Crippen molar-refractivity contribution in [2.75, 3.05) is 19.0 Å². The van der Waals surface area contributed by atoms with Crippen LogP contribution in [0.15, 0.2) is 44.9 Å². The molecule has 0 spiro atoms. The maximum absolute atomic E-state index is 6.26. The Labute approximate surface area is 165 Å². The summed E-state index contributed by atoms with van der Waals surface area (Å²) in [4.78, 5) is 4.69. The number of benzene rings is 1. The van der Waals surface area contributed by atoms with Crippen LogP contribution in [0.25, 0.3) is 0 Å². The predicted octanol–water partition coefficient (Wildman–Crippen LogP) is 5.90. The second-order valence-corrected chi connectivity index (χ2v) is 8.98. The Bertz CT molecular complexity index is 686. The van der Waals surface area contributed by atoms with E-state index in [0.717, 1.165) is 29.4 Å². The first kappa shape index (κ1) is 18.4. The fraction of sp³-hybridized carbons (Fsp3) is 0.312. The summed E-state index contributed by atoms with van der Waals surface area (Å²) in [6.07, 6.45) is 0. The zero-order valence-corrected chi connectivity index (χ0v) is 17.1. The van der Waals surface area contributed by atoms with Gasteiger partial charge in [-0.3, -0.25) is 10.0 Å². The van der Waals surface area contributed by atoms with Gasteiger partial charge in [0.15, 0.2) is 0 Å². The molecule has 1 aromatic heterocycles. The van der Waals surface area contributed by atoms with Gasteiger partial charge in [-0.15, -0.1) is 27.5 Å². The Hall–Kier alpha value is -0.370. The molecule has 1 aromatic carbocycles. The molecular weight excluding hydrogens is 401 g/mol. The summed E-state index contributed by atoms with van der Waals surface area (Å²) < 4.78 is 3.51. The Morgan fingerprint density at radius 1 is 1.17 bits per heavy atom. The number of halogens is 2. The van der Waals surface area contributed by atoms with Crippen molar-refractivity contribution in [3.63, 3.8) is 0 Å². The molecular formula is C16H17Cl2N3S3. The lowest BCUT2D eigenvalue weighted by Gasteiger charge is -2.28. The van der Waals surface area contributed by atoms with Gasteiger partial charge in [-0.2, -0.15) is 0 Å². The van der Waals surface area contributed by atoms with Crippen molar-refractivity contribution in [1.29, 1.82) is 0 Å². The number of nitrogens with zero attached hydrogens (tertiary/aromatic N) is 3. The zero-order chi connectivity index (χ0) is 16.9. The molecule has 0 unspecified atom stereocenters. The second-order valence-electron chi connectivity index (χ2n) is 4.98. The summed E-state index contributed by atoms with van der Waals surface area (Å²) in [5, 5.41) is 5.76. The predicted molar refractivity (Wildman–Crippen MR) is 109 cm³/mol. The van der Waals surface area contributed by atoms with Gasteiger partial charge in [0.2, 0.25) is 0 Å². The number of hydrogen-bond acceptors (Lipinski definition) is 6. The highest BCUT2D eigenvalue weighted by Gasteiger charge is 2.25. The van der Waals surface area contributed by atoms with E-state index in [4.69, 9.17) is 28.2 Å². The first-order chi connectivity index (χ1) is 11.7. The van der Waals surface area contributed by atoms with Crippen LogP contribution in [0.2, 0.25) is 10.0 Å². The summed E-state index contributed by atoms with van der Waals surface area (Å²) in [5.74, 6) is 2.74. The summed E-state index contributed by atoms with van der Waals surface area (Å²) in [5.41, 5.74) is 0.975. The number of hydrogen-bond donors (Lipinski definition) is 0. The monoisotopic (exact) mass is 417 g/mol. The standard InChI is InChI=1S/C16H17Cl2N3S3/c1-2-20-15(10-23-16-7-4-8-22-16)19-11-21(20)24-9-12-13(17)5-3-6-14(12)18/h3-8H,2,9-11H2,1H3. The van der Waals surface area contributed by atoms with E-state index >= 15 is 0 Å². The molecule has 0 atom stereocenters. The van der Waals surface area contributed by atoms with E-state index in [9.17, 15) is 0 Å². The summed E-state index contributed by atoms with van der Waals surface area (Å²) >= 11 is 17.8. The Kier molecular flexibility index (Phi) is 6.78. The maximum Gasteiger partial charge on any atom is 0.126 e. The molecule has 0 saturated heterocycles. The van der Waals surface area contributed by atoms with Crippen LogP contribution in [-0.2, 0) is 5.75 Å². The summed E-state index contributed by atoms with van der Waals surface area (Å²) in [6.45, 7) is 3.71. The Balaban J connectivity index is 1.57. The van der Waals surface area contributed by atoms with Crippen LogP contribution >= 0.6 is 58.2 Å². The van der Waals surface area contributed by atoms with Gasteiger partial charge in [0, 0.05) is 27.9 Å². The lowest BCUT2D eigenvalue weighted by Crippen LogP contribution is -2.37. The highest BCUT2D eigenvalue weighted by atomic mass is 35.5. The van der Waals surface area contributed by atoms with Crippen molar-refractivity contribution in [2.45, 2.75) is 16.9 Å². The molecule has 128 valence electrons. The van der Waals surface area contributed by atoms with Gasteiger partial charge in [0.05, 0.1) is 9.96 Å². The van der Waals surface area contributed by atoms with E-state index in [-0.39, 0.29) is 0 Å². The van der Waals surface area contributed by atoms with Gasteiger partial charge in [0.25, 0.3) is 0 Å². The molecule has 0 aliphatic carbocycles. The third-order valence-corrected chi connectivity index (χ3v) is 7.36. The van der Waals surface area contributed by atoms with E-state index in [1.807, 2.05) is 30.0 Å². The number of rotatable bonds is 7. The quantitative estimate of drug-likeness (QED) is 0.411. The van der Waals surface area contributed by atoms with Crippen LogP contribution in [0.4, 0.5) is 0 Å². The van der Waals surface area contributed by atoms with Crippen molar-refractivity contribution in [3.8, 4) is 0 Å². The molecule has 0 fully saturated rings. The van der Waals surface area contributed by atoms with Crippen LogP contribution in [0.5, 0.6) is 0 Å². The zero-order valence-electron chi connectivity index (χ0n) is 13.1. The van der Waals surface area contributed by atoms with Crippen molar-refractivity contribution in [1.82, 2.24) is 9.42 Å². The van der Waals surface area contributed by atoms with E-state index < -0.39 is 0 Å². The smallest absolute Gasteiger partial charge is 0.126 e. The van der Waals surface area contributed by atoms with Crippen molar-refractivity contribution >= 4 is 64.1 Å². The fourth-order valence-electron chi connectivity index (χ4n) is 2.29. The van der Waals surface area contributed by atoms with Crippen LogP contribution in [0.3, 0.4) is 0 Å². The molecule has 1 aliphatic heterocycles. The number of hydrazine groups is 1. The lowest BCUT2D eigenvalue weighted by atomic mass is 10.2. The molecule has 0 radical (unpaired) electrons. The van der Waals surface area contributed by atoms with Crippen LogP contribution in [0.1, 0.15) is 12.5 Å². The molecule has 0 amide bonds. The highest BCUT2D eigenvalue weighted by molar-refractivity contribution is 8.01. The summed E-state index contributed by atoms with van der Waals surface area (Å²) in [7, 11) is 0. The molecule has 0 N–H and O–H groups in total. The molecule has 0 bridgehead atoms. The minimum absolute atomic E-state index is 0.668. The van der Waals surface area contributed by atoms with Gasteiger partial charge >= 0.3 is 0 Å². The minimum atomic E-state index is 0.668. The number of thiophene rings is 1. The third kappa shape index (κ3) is 4.42. The molecule has 24 heavy (non-hydrogen) atoms. The van der Waals surface area contributed by atoms with Gasteiger partial charge < -0.3 is 0 Å². The van der Waals surface area contributed by atoms with Crippen LogP contribution < -0.4 is 0 Å². The summed E-state index contributed by atoms with van der Waals surface area (Å²) in [6, 6.07) is 9.86. The highest BCUT2D eigenvalue weighted by Crippen LogP contribution is 2.32. The number of thioether (sulfide) groups is 1. The number of aliphatic imine (C=N–C) groups is 1. The topological polar surface area (TPSA) is 18.8 Å². The van der Waals surface area contributed by atoms with E-state index in [0.29, 0.717) is 16.7 Å². The number of amidine groups is 1. The van der Waals surface area contributed by atoms with Gasteiger partial charge in [-0.1, -0.05) is 47.3 Å². The Morgan fingerprint density at radius 3 is 2.62 bits per heavy atom. The average molecular weight is 418 g/mol. The van der Waals surface area contributed by atoms with Crippen LogP contribution in [-0.4, -0.2) is 34.2 Å². The molecule has 2 aromatic rings. The fourth-order valence-corrected chi connectivity index (χ4v) is 5.81. The maximum atomic E-state index is 6.26. The minimum Gasteiger partial charge on any atom is -0.281 e. The van der Waals surface area contributed by atoms with E-state index in [2.05, 4.69) is 33.9 Å². The molecule has 2 heterocycles. The first-order valence-electron chi connectivity index (χ1n) is 7.49. The second kappa shape index (κ2) is 8.83. The largest absolute Gasteiger partial charge is 0.281 e. The third-order valence-electron chi connectivity index (χ3n) is 3.50. The van der Waals surface area contributed by atoms with Crippen LogP contribution in [0, 0.1) is 0 Å². The van der Waals surface area contributed by atoms with E-state index in [1.54, 1.807) is 23.3 Å². The van der Waals surface area contributed by atoms with Crippen molar-refractivity contribution in [3.05, 3.63) is 51.3 Å². The molecule has 8 heteroatoms. The van der Waals surface area contributed by atoms with Gasteiger partial charge in [0.1, 0.15) is 12.5 Å². The normalized spacial score (nSPS) is 15.1. The van der Waals surface area contributed by atoms with Crippen molar-refractivity contribution in [2.24, 2.45) is 4.99 Å². The van der Waals surface area contributed by atoms with Crippen molar-refractivity contribution < 1.29 is 0 Å². The lowest BCUT2D eigenvalue weighted by molar-refractivity contribution is 0.204. The van der Waals surface area contributed by atoms with Gasteiger partial charge in [-0.05, 0) is 30.5 Å². The molecule has 3 nitrogen and oxygen atoms in total. The van der Waals surface area contributed by atoms with E-state index in [1.165, 1.54) is 4.21 Å². The molecule has 0 saturated carbocycles. The molecule has 1 aliphatic rings. The van der Waals surface area contributed by atoms with Gasteiger partial charge in [-0.25, -0.2) is 0 Å².